The maximum atomic E-state index is 13.8. The lowest BCUT2D eigenvalue weighted by Gasteiger charge is -2.27. The first kappa shape index (κ1) is 18.1. The van der Waals surface area contributed by atoms with Gasteiger partial charge in [0.25, 0.3) is 5.91 Å². The van der Waals surface area contributed by atoms with Crippen molar-refractivity contribution in [2.45, 2.75) is 33.2 Å². The Labute approximate surface area is 151 Å². The van der Waals surface area contributed by atoms with Gasteiger partial charge in [-0.25, -0.2) is 4.39 Å². The summed E-state index contributed by atoms with van der Waals surface area (Å²) in [6, 6.07) is 6.28. The predicted octanol–water partition coefficient (Wildman–Crippen LogP) is 2.06. The summed E-state index contributed by atoms with van der Waals surface area (Å²) in [5.41, 5.74) is 2.35. The van der Waals surface area contributed by atoms with Crippen LogP contribution in [0.1, 0.15) is 41.2 Å². The molecule has 3 rings (SSSR count). The van der Waals surface area contributed by atoms with Gasteiger partial charge in [0, 0.05) is 37.3 Å². The minimum absolute atomic E-state index is 0.00867. The van der Waals surface area contributed by atoms with Crippen LogP contribution < -0.4 is 5.32 Å². The Morgan fingerprint density at radius 3 is 2.85 bits per heavy atom. The van der Waals surface area contributed by atoms with Crippen LogP contribution in [0.2, 0.25) is 0 Å². The molecule has 0 aliphatic carbocycles. The number of rotatable bonds is 5. The lowest BCUT2D eigenvalue weighted by molar-refractivity contribution is -0.131. The van der Waals surface area contributed by atoms with Crippen LogP contribution in [0.3, 0.4) is 0 Å². The Bertz CT molecular complexity index is 816. The fraction of sp³-hybridized carbons (Fsp3) is 0.421. The second-order valence-electron chi connectivity index (χ2n) is 6.97. The van der Waals surface area contributed by atoms with Crippen LogP contribution >= 0.6 is 0 Å². The van der Waals surface area contributed by atoms with Crippen molar-refractivity contribution in [3.63, 3.8) is 0 Å². The number of halogens is 1. The molecule has 2 amide bonds. The molecule has 1 aromatic carbocycles. The fourth-order valence-corrected chi connectivity index (χ4v) is 2.99. The average Bonchev–Trinajstić information content (AvgIpc) is 3.04. The molecule has 0 fully saturated rings. The van der Waals surface area contributed by atoms with Gasteiger partial charge in [-0.1, -0.05) is 32.0 Å². The van der Waals surface area contributed by atoms with Crippen molar-refractivity contribution >= 4 is 11.8 Å². The molecule has 1 aromatic heterocycles. The van der Waals surface area contributed by atoms with E-state index in [0.717, 1.165) is 11.3 Å². The topological polar surface area (TPSA) is 78.1 Å². The van der Waals surface area contributed by atoms with Gasteiger partial charge in [0.2, 0.25) is 5.91 Å². The number of carbonyl (C=O) groups excluding carboxylic acids is 2. The highest BCUT2D eigenvalue weighted by atomic mass is 19.1. The summed E-state index contributed by atoms with van der Waals surface area (Å²) in [7, 11) is 0. The summed E-state index contributed by atoms with van der Waals surface area (Å²) < 4.78 is 13.8. The number of aromatic nitrogens is 2. The summed E-state index contributed by atoms with van der Waals surface area (Å²) >= 11 is 0. The molecule has 2 heterocycles. The first-order valence-corrected chi connectivity index (χ1v) is 8.81. The Morgan fingerprint density at radius 1 is 1.35 bits per heavy atom. The van der Waals surface area contributed by atoms with Gasteiger partial charge in [-0.2, -0.15) is 5.10 Å². The minimum Gasteiger partial charge on any atom is -0.350 e. The summed E-state index contributed by atoms with van der Waals surface area (Å²) in [6.07, 6.45) is 0.609. The summed E-state index contributed by atoms with van der Waals surface area (Å²) in [5.74, 6) is -0.432. The zero-order valence-corrected chi connectivity index (χ0v) is 15.0. The highest BCUT2D eigenvalue weighted by Crippen LogP contribution is 2.21. The van der Waals surface area contributed by atoms with Crippen LogP contribution in [0, 0.1) is 11.7 Å². The van der Waals surface area contributed by atoms with E-state index >= 15 is 0 Å². The van der Waals surface area contributed by atoms with Crippen molar-refractivity contribution in [2.75, 3.05) is 13.1 Å². The van der Waals surface area contributed by atoms with Crippen molar-refractivity contribution in [3.8, 4) is 0 Å². The third-order valence-electron chi connectivity index (χ3n) is 4.47. The zero-order valence-electron chi connectivity index (χ0n) is 15.0. The number of hydrogen-bond donors (Lipinski definition) is 2. The van der Waals surface area contributed by atoms with Gasteiger partial charge >= 0.3 is 0 Å². The maximum Gasteiger partial charge on any atom is 0.272 e. The molecule has 1 aliphatic heterocycles. The van der Waals surface area contributed by atoms with Gasteiger partial charge in [-0.15, -0.1) is 0 Å². The number of hydrogen-bond acceptors (Lipinski definition) is 3. The van der Waals surface area contributed by atoms with Crippen LogP contribution in [0.25, 0.3) is 0 Å². The van der Waals surface area contributed by atoms with Crippen molar-refractivity contribution in [3.05, 3.63) is 52.6 Å². The van der Waals surface area contributed by atoms with Crippen LogP contribution in [0.15, 0.2) is 24.3 Å². The summed E-state index contributed by atoms with van der Waals surface area (Å²) in [5, 5.41) is 9.89. The van der Waals surface area contributed by atoms with Crippen molar-refractivity contribution in [1.82, 2.24) is 20.4 Å². The number of fused-ring (bicyclic) bond motifs is 1. The number of benzene rings is 1. The molecule has 0 radical (unpaired) electrons. The Morgan fingerprint density at radius 2 is 2.12 bits per heavy atom. The van der Waals surface area contributed by atoms with Gasteiger partial charge in [0.1, 0.15) is 5.82 Å². The highest BCUT2D eigenvalue weighted by Gasteiger charge is 2.28. The fourth-order valence-electron chi connectivity index (χ4n) is 2.99. The van der Waals surface area contributed by atoms with Gasteiger partial charge in [0.05, 0.1) is 6.42 Å². The van der Waals surface area contributed by atoms with Crippen LogP contribution in [0.4, 0.5) is 4.39 Å². The molecule has 0 unspecified atom stereocenters. The number of carbonyl (C=O) groups is 2. The second-order valence-corrected chi connectivity index (χ2v) is 6.97. The molecule has 2 N–H and O–H groups in total. The molecule has 2 aromatic rings. The van der Waals surface area contributed by atoms with E-state index in [4.69, 9.17) is 0 Å². The molecule has 0 spiro atoms. The quantitative estimate of drug-likeness (QED) is 0.859. The lowest BCUT2D eigenvalue weighted by atomic mass is 10.0. The van der Waals surface area contributed by atoms with E-state index in [-0.39, 0.29) is 24.1 Å². The second kappa shape index (κ2) is 7.68. The summed E-state index contributed by atoms with van der Waals surface area (Å²) in [4.78, 5) is 26.6. The molecule has 0 saturated carbocycles. The smallest absolute Gasteiger partial charge is 0.272 e. The predicted molar refractivity (Wildman–Crippen MR) is 95.0 cm³/mol. The first-order valence-electron chi connectivity index (χ1n) is 8.81. The average molecular weight is 358 g/mol. The standard InChI is InChI=1S/C19H23FN4O2/c1-12(2)10-21-19(26)18-14-11-24(8-7-16(14)22-23-18)17(25)9-13-5-3-4-6-15(13)20/h3-6,12H,7-11H2,1-2H3,(H,21,26)(H,22,23). The molecule has 0 atom stereocenters. The third kappa shape index (κ3) is 3.92. The van der Waals surface area contributed by atoms with Gasteiger partial charge < -0.3 is 10.2 Å². The lowest BCUT2D eigenvalue weighted by Crippen LogP contribution is -2.38. The first-order chi connectivity index (χ1) is 12.5. The number of amides is 2. The van der Waals surface area contributed by atoms with E-state index in [1.54, 1.807) is 23.1 Å². The monoisotopic (exact) mass is 358 g/mol. The van der Waals surface area contributed by atoms with E-state index in [2.05, 4.69) is 15.5 Å². The Hall–Kier alpha value is -2.70. The number of nitrogens with one attached hydrogen (secondary N) is 2. The Kier molecular flexibility index (Phi) is 5.35. The van der Waals surface area contributed by atoms with Crippen LogP contribution in [0.5, 0.6) is 0 Å². The third-order valence-corrected chi connectivity index (χ3v) is 4.47. The number of H-pyrrole nitrogens is 1. The molecule has 0 bridgehead atoms. The highest BCUT2D eigenvalue weighted by molar-refractivity contribution is 5.94. The van der Waals surface area contributed by atoms with Crippen molar-refractivity contribution in [1.29, 1.82) is 0 Å². The molecule has 6 nitrogen and oxygen atoms in total. The van der Waals surface area contributed by atoms with Gasteiger partial charge in [-0.3, -0.25) is 14.7 Å². The molecular weight excluding hydrogens is 335 g/mol. The van der Waals surface area contributed by atoms with Crippen LogP contribution in [-0.2, 0) is 24.2 Å². The number of aromatic amines is 1. The molecule has 7 heteroatoms. The van der Waals surface area contributed by atoms with E-state index in [9.17, 15) is 14.0 Å². The van der Waals surface area contributed by atoms with E-state index in [1.807, 2.05) is 13.8 Å². The van der Waals surface area contributed by atoms with Gasteiger partial charge in [0.15, 0.2) is 5.69 Å². The van der Waals surface area contributed by atoms with Crippen LogP contribution in [-0.4, -0.2) is 40.0 Å². The van der Waals surface area contributed by atoms with E-state index in [1.165, 1.54) is 6.07 Å². The van der Waals surface area contributed by atoms with E-state index in [0.29, 0.717) is 43.2 Å². The van der Waals surface area contributed by atoms with E-state index < -0.39 is 0 Å². The largest absolute Gasteiger partial charge is 0.350 e. The van der Waals surface area contributed by atoms with Gasteiger partial charge in [-0.05, 0) is 17.5 Å². The normalized spacial score (nSPS) is 13.6. The summed E-state index contributed by atoms with van der Waals surface area (Å²) in [6.45, 7) is 5.43. The minimum atomic E-state index is -0.379. The maximum absolute atomic E-state index is 13.8. The molecular formula is C19H23FN4O2. The molecule has 0 saturated heterocycles. The molecule has 26 heavy (non-hydrogen) atoms. The Balaban J connectivity index is 1.70. The SMILES string of the molecule is CC(C)CNC(=O)c1n[nH]c2c1CN(C(=O)Cc1ccccc1F)CC2. The molecule has 1 aliphatic rings. The molecule has 138 valence electrons. The van der Waals surface area contributed by atoms with Crippen molar-refractivity contribution < 1.29 is 14.0 Å². The van der Waals surface area contributed by atoms with Crippen molar-refractivity contribution in [2.24, 2.45) is 5.92 Å². The number of nitrogens with zero attached hydrogens (tertiary/aromatic N) is 2. The zero-order chi connectivity index (χ0) is 18.7.